The first-order valence-corrected chi connectivity index (χ1v) is 3.95. The third kappa shape index (κ3) is 1.75. The molecule has 5 heteroatoms. The van der Waals surface area contributed by atoms with Crippen LogP contribution < -0.4 is 5.73 Å². The van der Waals surface area contributed by atoms with Gasteiger partial charge in [0.25, 0.3) is 0 Å². The van der Waals surface area contributed by atoms with Crippen molar-refractivity contribution in [3.8, 4) is 0 Å². The molecule has 0 atom stereocenters. The maximum absolute atomic E-state index is 13.0. The van der Waals surface area contributed by atoms with E-state index < -0.39 is 11.2 Å². The zero-order valence-electron chi connectivity index (χ0n) is 7.76. The van der Waals surface area contributed by atoms with Crippen LogP contribution in [0, 0.1) is 0 Å². The van der Waals surface area contributed by atoms with Gasteiger partial charge in [0.1, 0.15) is 11.7 Å². The Labute approximate surface area is 76.1 Å². The standard InChI is InChI=1S/C8H13FN4/c1-5(9)8(2,3)7-11-6(4-10)12-13-7/h1,4,10H2,2-3H3,(H,11,12,13). The van der Waals surface area contributed by atoms with Crippen molar-refractivity contribution in [2.45, 2.75) is 25.8 Å². The summed E-state index contributed by atoms with van der Waals surface area (Å²) in [4.78, 5) is 4.03. The third-order valence-corrected chi connectivity index (χ3v) is 1.96. The summed E-state index contributed by atoms with van der Waals surface area (Å²) in [7, 11) is 0. The van der Waals surface area contributed by atoms with Gasteiger partial charge in [-0.15, -0.1) is 0 Å². The molecular weight excluding hydrogens is 171 g/mol. The number of aromatic amines is 1. The molecule has 1 heterocycles. The quantitative estimate of drug-likeness (QED) is 0.737. The highest BCUT2D eigenvalue weighted by molar-refractivity contribution is 5.17. The van der Waals surface area contributed by atoms with E-state index in [9.17, 15) is 4.39 Å². The van der Waals surface area contributed by atoms with E-state index in [1.54, 1.807) is 13.8 Å². The Hall–Kier alpha value is -1.23. The van der Waals surface area contributed by atoms with Gasteiger partial charge in [-0.25, -0.2) is 9.37 Å². The Bertz CT molecular complexity index is 316. The van der Waals surface area contributed by atoms with Crippen LogP contribution in [-0.4, -0.2) is 15.2 Å². The predicted octanol–water partition coefficient (Wildman–Crippen LogP) is 1.02. The summed E-state index contributed by atoms with van der Waals surface area (Å²) < 4.78 is 13.0. The fraction of sp³-hybridized carbons (Fsp3) is 0.500. The van der Waals surface area contributed by atoms with Crippen molar-refractivity contribution in [1.29, 1.82) is 0 Å². The lowest BCUT2D eigenvalue weighted by molar-refractivity contribution is 0.442. The minimum Gasteiger partial charge on any atom is -0.324 e. The van der Waals surface area contributed by atoms with Crippen molar-refractivity contribution >= 4 is 0 Å². The summed E-state index contributed by atoms with van der Waals surface area (Å²) in [5, 5.41) is 6.49. The van der Waals surface area contributed by atoms with E-state index in [-0.39, 0.29) is 6.54 Å². The highest BCUT2D eigenvalue weighted by atomic mass is 19.1. The second kappa shape index (κ2) is 3.26. The number of hydrogen-bond donors (Lipinski definition) is 2. The summed E-state index contributed by atoms with van der Waals surface area (Å²) in [5.41, 5.74) is 4.48. The van der Waals surface area contributed by atoms with Crippen LogP contribution in [0.4, 0.5) is 4.39 Å². The average molecular weight is 184 g/mol. The van der Waals surface area contributed by atoms with Crippen LogP contribution in [0.1, 0.15) is 25.5 Å². The molecule has 1 aromatic rings. The summed E-state index contributed by atoms with van der Waals surface area (Å²) in [6.45, 7) is 6.84. The van der Waals surface area contributed by atoms with Gasteiger partial charge in [-0.3, -0.25) is 5.10 Å². The van der Waals surface area contributed by atoms with Gasteiger partial charge in [-0.2, -0.15) is 5.10 Å². The second-order valence-electron chi connectivity index (χ2n) is 3.34. The van der Waals surface area contributed by atoms with Gasteiger partial charge in [0.2, 0.25) is 0 Å². The number of nitrogens with zero attached hydrogens (tertiary/aromatic N) is 2. The van der Waals surface area contributed by atoms with Crippen LogP contribution in [0.25, 0.3) is 0 Å². The van der Waals surface area contributed by atoms with Gasteiger partial charge in [0.15, 0.2) is 5.82 Å². The zero-order valence-corrected chi connectivity index (χ0v) is 7.76. The molecule has 0 radical (unpaired) electrons. The lowest BCUT2D eigenvalue weighted by Gasteiger charge is -2.16. The largest absolute Gasteiger partial charge is 0.324 e. The fourth-order valence-corrected chi connectivity index (χ4v) is 0.787. The van der Waals surface area contributed by atoms with Gasteiger partial charge < -0.3 is 5.73 Å². The van der Waals surface area contributed by atoms with Gasteiger partial charge in [-0.05, 0) is 13.8 Å². The third-order valence-electron chi connectivity index (χ3n) is 1.96. The van der Waals surface area contributed by atoms with Crippen molar-refractivity contribution in [2.24, 2.45) is 5.73 Å². The van der Waals surface area contributed by atoms with Crippen molar-refractivity contribution in [3.05, 3.63) is 24.1 Å². The zero-order chi connectivity index (χ0) is 10.1. The van der Waals surface area contributed by atoms with E-state index in [0.29, 0.717) is 11.6 Å². The molecule has 0 unspecified atom stereocenters. The average Bonchev–Trinajstić information content (AvgIpc) is 2.51. The Morgan fingerprint density at radius 1 is 1.69 bits per heavy atom. The second-order valence-corrected chi connectivity index (χ2v) is 3.34. The Kier molecular flexibility index (Phi) is 2.47. The van der Waals surface area contributed by atoms with Crippen LogP contribution in [0.3, 0.4) is 0 Å². The summed E-state index contributed by atoms with van der Waals surface area (Å²) >= 11 is 0. The molecule has 0 saturated heterocycles. The van der Waals surface area contributed by atoms with Gasteiger partial charge >= 0.3 is 0 Å². The van der Waals surface area contributed by atoms with E-state index in [2.05, 4.69) is 21.8 Å². The topological polar surface area (TPSA) is 67.6 Å². The van der Waals surface area contributed by atoms with Crippen molar-refractivity contribution < 1.29 is 4.39 Å². The molecule has 13 heavy (non-hydrogen) atoms. The molecule has 0 saturated carbocycles. The number of halogens is 1. The molecule has 0 bridgehead atoms. The Morgan fingerprint density at radius 2 is 2.31 bits per heavy atom. The van der Waals surface area contributed by atoms with Crippen LogP contribution in [0.15, 0.2) is 12.4 Å². The Morgan fingerprint density at radius 3 is 2.69 bits per heavy atom. The van der Waals surface area contributed by atoms with Crippen LogP contribution in [-0.2, 0) is 12.0 Å². The molecule has 1 aromatic heterocycles. The number of H-pyrrole nitrogens is 1. The molecule has 0 aliphatic heterocycles. The molecule has 4 nitrogen and oxygen atoms in total. The molecule has 0 spiro atoms. The van der Waals surface area contributed by atoms with Gasteiger partial charge in [0, 0.05) is 0 Å². The van der Waals surface area contributed by atoms with Crippen molar-refractivity contribution in [2.75, 3.05) is 0 Å². The maximum Gasteiger partial charge on any atom is 0.163 e. The van der Waals surface area contributed by atoms with Crippen molar-refractivity contribution in [3.63, 3.8) is 0 Å². The SMILES string of the molecule is C=C(F)C(C)(C)c1n[nH]c(CN)n1. The highest BCUT2D eigenvalue weighted by Gasteiger charge is 2.29. The van der Waals surface area contributed by atoms with E-state index in [1.165, 1.54) is 0 Å². The summed E-state index contributed by atoms with van der Waals surface area (Å²) in [6.07, 6.45) is 0. The fourth-order valence-electron chi connectivity index (χ4n) is 0.787. The molecule has 0 aliphatic rings. The lowest BCUT2D eigenvalue weighted by Crippen LogP contribution is -2.19. The first-order chi connectivity index (χ1) is 5.98. The molecule has 3 N–H and O–H groups in total. The number of rotatable bonds is 3. The maximum atomic E-state index is 13.0. The monoisotopic (exact) mass is 184 g/mol. The van der Waals surface area contributed by atoms with Crippen LogP contribution >= 0.6 is 0 Å². The van der Waals surface area contributed by atoms with Crippen LogP contribution in [0.2, 0.25) is 0 Å². The summed E-state index contributed by atoms with van der Waals surface area (Å²) in [5.74, 6) is 0.458. The molecule has 72 valence electrons. The molecule has 0 amide bonds. The van der Waals surface area contributed by atoms with E-state index >= 15 is 0 Å². The summed E-state index contributed by atoms with van der Waals surface area (Å²) in [6, 6.07) is 0. The number of allylic oxidation sites excluding steroid dienone is 1. The first kappa shape index (κ1) is 9.85. The molecular formula is C8H13FN4. The minimum absolute atomic E-state index is 0.266. The van der Waals surface area contributed by atoms with Gasteiger partial charge in [-0.1, -0.05) is 6.58 Å². The van der Waals surface area contributed by atoms with E-state index in [0.717, 1.165) is 0 Å². The normalized spacial score (nSPS) is 11.7. The Balaban J connectivity index is 3.00. The van der Waals surface area contributed by atoms with Crippen LogP contribution in [0.5, 0.6) is 0 Å². The predicted molar refractivity (Wildman–Crippen MR) is 47.5 cm³/mol. The first-order valence-electron chi connectivity index (χ1n) is 3.95. The smallest absolute Gasteiger partial charge is 0.163 e. The number of nitrogens with two attached hydrogens (primary N) is 1. The highest BCUT2D eigenvalue weighted by Crippen LogP contribution is 2.27. The number of aromatic nitrogens is 3. The van der Waals surface area contributed by atoms with Crippen molar-refractivity contribution in [1.82, 2.24) is 15.2 Å². The minimum atomic E-state index is -0.857. The van der Waals surface area contributed by atoms with Gasteiger partial charge in [0.05, 0.1) is 12.0 Å². The van der Waals surface area contributed by atoms with E-state index in [1.807, 2.05) is 0 Å². The molecule has 1 rings (SSSR count). The molecule has 0 fully saturated rings. The lowest BCUT2D eigenvalue weighted by atomic mass is 9.92. The number of nitrogens with one attached hydrogen (secondary N) is 1. The molecule has 0 aromatic carbocycles. The number of hydrogen-bond acceptors (Lipinski definition) is 3. The van der Waals surface area contributed by atoms with E-state index in [4.69, 9.17) is 5.73 Å². The molecule has 0 aliphatic carbocycles.